The third kappa shape index (κ3) is 3.44. The molecule has 4 rings (SSSR count). The summed E-state index contributed by atoms with van der Waals surface area (Å²) in [6.07, 6.45) is 5.86. The topological polar surface area (TPSA) is 64.9 Å². The number of nitrogens with zero attached hydrogens (tertiary/aromatic N) is 3. The van der Waals surface area contributed by atoms with Crippen LogP contribution < -0.4 is 14.9 Å². The van der Waals surface area contributed by atoms with E-state index in [2.05, 4.69) is 32.4 Å². The molecule has 0 unspecified atom stereocenters. The lowest BCUT2D eigenvalue weighted by molar-refractivity contribution is -0.729. The average Bonchev–Trinajstić information content (AvgIpc) is 3.35. The first-order valence-corrected chi connectivity index (χ1v) is 8.94. The summed E-state index contributed by atoms with van der Waals surface area (Å²) < 4.78 is 1.92. The Morgan fingerprint density at radius 3 is 2.73 bits per heavy atom. The molecule has 3 aromatic rings. The Kier molecular flexibility index (Phi) is 4.64. The number of aromatic amines is 1. The number of hydrogen-bond acceptors (Lipinski definition) is 3. The lowest BCUT2D eigenvalue weighted by Crippen LogP contribution is -2.40. The van der Waals surface area contributed by atoms with E-state index in [4.69, 9.17) is 0 Å². The van der Waals surface area contributed by atoms with Gasteiger partial charge in [-0.25, -0.2) is 20.2 Å². The molecule has 0 spiro atoms. The molecule has 3 heterocycles. The monoisotopic (exact) mass is 348 g/mol. The summed E-state index contributed by atoms with van der Waals surface area (Å²) in [5.41, 5.74) is 1.77. The summed E-state index contributed by atoms with van der Waals surface area (Å²) in [7, 11) is 0. The number of pyridine rings is 1. The zero-order valence-electron chi connectivity index (χ0n) is 14.6. The summed E-state index contributed by atoms with van der Waals surface area (Å²) in [6, 6.07) is 15.6. The van der Waals surface area contributed by atoms with E-state index in [0.29, 0.717) is 12.1 Å². The molecule has 1 saturated heterocycles. The molecule has 1 fully saturated rings. The molecule has 1 aliphatic heterocycles. The van der Waals surface area contributed by atoms with Crippen molar-refractivity contribution in [2.75, 3.05) is 23.3 Å². The first kappa shape index (κ1) is 16.3. The Balaban J connectivity index is 1.54. The van der Waals surface area contributed by atoms with E-state index in [-0.39, 0.29) is 5.91 Å². The number of hydrogen-bond donors (Lipinski definition) is 2. The maximum absolute atomic E-state index is 12.9. The van der Waals surface area contributed by atoms with Gasteiger partial charge in [0.05, 0.1) is 0 Å². The van der Waals surface area contributed by atoms with Gasteiger partial charge in [-0.15, -0.1) is 0 Å². The van der Waals surface area contributed by atoms with Crippen LogP contribution in [0.4, 0.5) is 11.6 Å². The zero-order valence-corrected chi connectivity index (χ0v) is 14.6. The molecule has 0 saturated carbocycles. The molecule has 6 nitrogen and oxygen atoms in total. The number of amides is 1. The minimum Gasteiger partial charge on any atom is -0.356 e. The van der Waals surface area contributed by atoms with Crippen LogP contribution in [0, 0.1) is 0 Å². The van der Waals surface area contributed by atoms with E-state index in [1.807, 2.05) is 47.3 Å². The lowest BCUT2D eigenvalue weighted by Gasteiger charge is -2.18. The number of nitrogens with one attached hydrogen (secondary N) is 2. The van der Waals surface area contributed by atoms with Crippen LogP contribution >= 0.6 is 0 Å². The van der Waals surface area contributed by atoms with Crippen molar-refractivity contribution in [2.45, 2.75) is 19.4 Å². The Labute approximate surface area is 152 Å². The van der Waals surface area contributed by atoms with Crippen molar-refractivity contribution in [3.63, 3.8) is 0 Å². The van der Waals surface area contributed by atoms with Crippen molar-refractivity contribution < 1.29 is 9.48 Å². The highest BCUT2D eigenvalue weighted by atomic mass is 16.1. The number of rotatable bonds is 5. The Morgan fingerprint density at radius 2 is 1.92 bits per heavy atom. The maximum Gasteiger partial charge on any atom is 0.342 e. The van der Waals surface area contributed by atoms with Crippen LogP contribution in [0.3, 0.4) is 0 Å². The van der Waals surface area contributed by atoms with Crippen LogP contribution in [-0.2, 0) is 6.54 Å². The SMILES string of the molecule is O=C(Nc1cc[nH][n+]1Cc1ccccc1)c1cccnc1N1CCCC1. The first-order valence-electron chi connectivity index (χ1n) is 8.94. The fourth-order valence-corrected chi connectivity index (χ4v) is 3.31. The number of carbonyl (C=O) groups is 1. The minimum absolute atomic E-state index is 0.138. The van der Waals surface area contributed by atoms with Crippen molar-refractivity contribution in [1.82, 2.24) is 10.1 Å². The number of benzene rings is 1. The van der Waals surface area contributed by atoms with Crippen LogP contribution in [0.25, 0.3) is 0 Å². The minimum atomic E-state index is -0.138. The number of H-pyrrole nitrogens is 1. The summed E-state index contributed by atoms with van der Waals surface area (Å²) in [5, 5.41) is 6.17. The normalized spacial score (nSPS) is 13.8. The molecule has 1 aliphatic rings. The van der Waals surface area contributed by atoms with Gasteiger partial charge in [0.2, 0.25) is 0 Å². The molecule has 1 aromatic carbocycles. The van der Waals surface area contributed by atoms with Crippen LogP contribution in [0.2, 0.25) is 0 Å². The second kappa shape index (κ2) is 7.39. The highest BCUT2D eigenvalue weighted by molar-refractivity contribution is 6.06. The van der Waals surface area contributed by atoms with Gasteiger partial charge in [0.15, 0.2) is 0 Å². The second-order valence-corrected chi connectivity index (χ2v) is 6.44. The van der Waals surface area contributed by atoms with Gasteiger partial charge in [0.25, 0.3) is 0 Å². The molecule has 6 heteroatoms. The molecule has 26 heavy (non-hydrogen) atoms. The van der Waals surface area contributed by atoms with Crippen LogP contribution in [0.5, 0.6) is 0 Å². The van der Waals surface area contributed by atoms with Gasteiger partial charge >= 0.3 is 11.7 Å². The summed E-state index contributed by atoms with van der Waals surface area (Å²) in [5.74, 6) is 1.36. The third-order valence-corrected chi connectivity index (χ3v) is 4.62. The van der Waals surface area contributed by atoms with Gasteiger partial charge in [-0.1, -0.05) is 30.3 Å². The van der Waals surface area contributed by atoms with Crippen molar-refractivity contribution in [1.29, 1.82) is 0 Å². The Morgan fingerprint density at radius 1 is 1.12 bits per heavy atom. The molecular formula is C20H22N5O+. The van der Waals surface area contributed by atoms with Gasteiger partial charge in [-0.3, -0.25) is 0 Å². The van der Waals surface area contributed by atoms with Crippen molar-refractivity contribution in [2.24, 2.45) is 0 Å². The highest BCUT2D eigenvalue weighted by Crippen LogP contribution is 2.22. The summed E-state index contributed by atoms with van der Waals surface area (Å²) in [4.78, 5) is 19.5. The van der Waals surface area contributed by atoms with Crippen LogP contribution in [0.15, 0.2) is 60.9 Å². The molecule has 0 bridgehead atoms. The fraction of sp³-hybridized carbons (Fsp3) is 0.250. The lowest BCUT2D eigenvalue weighted by atomic mass is 10.2. The summed E-state index contributed by atoms with van der Waals surface area (Å²) in [6.45, 7) is 2.57. The molecule has 0 atom stereocenters. The van der Waals surface area contributed by atoms with Gasteiger partial charge in [0, 0.05) is 31.5 Å². The number of aromatic nitrogens is 3. The molecule has 1 amide bonds. The predicted molar refractivity (Wildman–Crippen MR) is 100 cm³/mol. The van der Waals surface area contributed by atoms with Crippen molar-refractivity contribution >= 4 is 17.5 Å². The molecule has 0 aliphatic carbocycles. The van der Waals surface area contributed by atoms with E-state index in [1.165, 1.54) is 0 Å². The molecule has 2 N–H and O–H groups in total. The number of carbonyl (C=O) groups excluding carboxylic acids is 1. The summed E-state index contributed by atoms with van der Waals surface area (Å²) >= 11 is 0. The molecule has 0 radical (unpaired) electrons. The fourth-order valence-electron chi connectivity index (χ4n) is 3.31. The third-order valence-electron chi connectivity index (χ3n) is 4.62. The van der Waals surface area contributed by atoms with E-state index in [9.17, 15) is 4.79 Å². The van der Waals surface area contributed by atoms with E-state index in [0.717, 1.165) is 43.1 Å². The quantitative estimate of drug-likeness (QED) is 0.697. The van der Waals surface area contributed by atoms with Gasteiger partial charge in [-0.2, -0.15) is 4.68 Å². The van der Waals surface area contributed by atoms with Gasteiger partial charge < -0.3 is 4.90 Å². The number of anilines is 2. The van der Waals surface area contributed by atoms with Gasteiger partial charge in [0.1, 0.15) is 17.9 Å². The standard InChI is InChI=1S/C20H21N5O/c26-20(17-9-6-11-21-19(17)24-13-4-5-14-24)23-18-10-12-22-25(18)15-16-7-2-1-3-8-16/h1-3,6-12H,4-5,13-15H2,(H,22,23,26)/p+1. The molecular weight excluding hydrogens is 326 g/mol. The Bertz CT molecular complexity index is 884. The first-order chi connectivity index (χ1) is 12.8. The largest absolute Gasteiger partial charge is 0.356 e. The van der Waals surface area contributed by atoms with E-state index >= 15 is 0 Å². The second-order valence-electron chi connectivity index (χ2n) is 6.44. The highest BCUT2D eigenvalue weighted by Gasteiger charge is 2.24. The van der Waals surface area contributed by atoms with Gasteiger partial charge in [-0.05, 0) is 30.5 Å². The maximum atomic E-state index is 12.9. The average molecular weight is 348 g/mol. The zero-order chi connectivity index (χ0) is 17.8. The van der Waals surface area contributed by atoms with E-state index < -0.39 is 0 Å². The Hall–Kier alpha value is -3.15. The van der Waals surface area contributed by atoms with Crippen LogP contribution in [0.1, 0.15) is 28.8 Å². The van der Waals surface area contributed by atoms with Crippen LogP contribution in [-0.4, -0.2) is 29.1 Å². The molecule has 132 valence electrons. The predicted octanol–water partition coefficient (Wildman–Crippen LogP) is 2.60. The molecule has 2 aromatic heterocycles. The smallest absolute Gasteiger partial charge is 0.342 e. The van der Waals surface area contributed by atoms with Crippen molar-refractivity contribution in [3.05, 3.63) is 72.1 Å². The van der Waals surface area contributed by atoms with E-state index in [1.54, 1.807) is 6.20 Å². The van der Waals surface area contributed by atoms with Crippen molar-refractivity contribution in [3.8, 4) is 0 Å².